The summed E-state index contributed by atoms with van der Waals surface area (Å²) in [6.45, 7) is 7.35. The minimum absolute atomic E-state index is 0.0603. The molecule has 0 radical (unpaired) electrons. The molecule has 1 aliphatic rings. The zero-order valence-corrected chi connectivity index (χ0v) is 12.8. The summed E-state index contributed by atoms with van der Waals surface area (Å²) in [6, 6.07) is 3.92. The lowest BCUT2D eigenvalue weighted by Gasteiger charge is -2.25. The molecule has 1 aromatic rings. The molecule has 1 aliphatic heterocycles. The van der Waals surface area contributed by atoms with Crippen molar-refractivity contribution in [2.24, 2.45) is 0 Å². The molecule has 1 atom stereocenters. The lowest BCUT2D eigenvalue weighted by molar-refractivity contribution is 0.387. The molecule has 1 saturated heterocycles. The van der Waals surface area contributed by atoms with Crippen LogP contribution in [-0.2, 0) is 10.0 Å². The lowest BCUT2D eigenvalue weighted by atomic mass is 10.1. The van der Waals surface area contributed by atoms with Gasteiger partial charge >= 0.3 is 0 Å². The topological polar surface area (TPSA) is 49.4 Å². The number of benzene rings is 1. The zero-order chi connectivity index (χ0) is 14.2. The predicted molar refractivity (Wildman–Crippen MR) is 76.9 cm³/mol. The molecular weight excluding hydrogens is 260 g/mol. The molecular formula is C14H22N2O2S. The molecule has 0 amide bonds. The van der Waals surface area contributed by atoms with E-state index < -0.39 is 10.0 Å². The summed E-state index contributed by atoms with van der Waals surface area (Å²) in [4.78, 5) is 0.465. The van der Waals surface area contributed by atoms with E-state index >= 15 is 0 Å². The predicted octanol–water partition coefficient (Wildman–Crippen LogP) is 1.59. The van der Waals surface area contributed by atoms with Gasteiger partial charge in [-0.3, -0.25) is 0 Å². The first kappa shape index (κ1) is 14.5. The van der Waals surface area contributed by atoms with Gasteiger partial charge in [0.2, 0.25) is 10.0 Å². The SMILES string of the molecule is Cc1cc(C)c(S(=O)(=O)N(C)C2CCNC2)c(C)c1. The van der Waals surface area contributed by atoms with Gasteiger partial charge in [-0.15, -0.1) is 0 Å². The van der Waals surface area contributed by atoms with Gasteiger partial charge in [-0.1, -0.05) is 17.7 Å². The third-order valence-electron chi connectivity index (χ3n) is 3.79. The Kier molecular flexibility index (Phi) is 3.99. The van der Waals surface area contributed by atoms with Gasteiger partial charge in [-0.2, -0.15) is 4.31 Å². The van der Waals surface area contributed by atoms with Crippen LogP contribution in [0.2, 0.25) is 0 Å². The quantitative estimate of drug-likeness (QED) is 0.916. The maximum absolute atomic E-state index is 12.8. The molecule has 106 valence electrons. The number of hydrogen-bond acceptors (Lipinski definition) is 3. The highest BCUT2D eigenvalue weighted by Crippen LogP contribution is 2.26. The van der Waals surface area contributed by atoms with Crippen molar-refractivity contribution >= 4 is 10.0 Å². The van der Waals surface area contributed by atoms with E-state index in [0.29, 0.717) is 4.90 Å². The average Bonchev–Trinajstić information content (AvgIpc) is 2.78. The Morgan fingerprint density at radius 2 is 1.79 bits per heavy atom. The van der Waals surface area contributed by atoms with Crippen LogP contribution in [0.3, 0.4) is 0 Å². The number of aryl methyl sites for hydroxylation is 3. The number of rotatable bonds is 3. The molecule has 5 heteroatoms. The smallest absolute Gasteiger partial charge is 0.243 e. The number of nitrogens with zero attached hydrogens (tertiary/aromatic N) is 1. The second kappa shape index (κ2) is 5.23. The molecule has 1 N–H and O–H groups in total. The first-order chi connectivity index (χ1) is 8.84. The van der Waals surface area contributed by atoms with Crippen molar-refractivity contribution < 1.29 is 8.42 Å². The van der Waals surface area contributed by atoms with Gasteiger partial charge < -0.3 is 5.32 Å². The number of likely N-dealkylation sites (N-methyl/N-ethyl adjacent to an activating group) is 1. The van der Waals surface area contributed by atoms with Crippen LogP contribution in [-0.4, -0.2) is 38.9 Å². The first-order valence-electron chi connectivity index (χ1n) is 6.60. The fourth-order valence-corrected chi connectivity index (χ4v) is 4.66. The van der Waals surface area contributed by atoms with Gasteiger partial charge in [0.15, 0.2) is 0 Å². The third kappa shape index (κ3) is 2.68. The number of hydrogen-bond donors (Lipinski definition) is 1. The number of sulfonamides is 1. The molecule has 19 heavy (non-hydrogen) atoms. The Morgan fingerprint density at radius 3 is 2.26 bits per heavy atom. The van der Waals surface area contributed by atoms with E-state index in [1.165, 1.54) is 4.31 Å². The van der Waals surface area contributed by atoms with Gasteiger partial charge in [0.25, 0.3) is 0 Å². The van der Waals surface area contributed by atoms with Gasteiger partial charge in [-0.05, 0) is 44.9 Å². The molecule has 4 nitrogen and oxygen atoms in total. The summed E-state index contributed by atoms with van der Waals surface area (Å²) in [5, 5.41) is 3.21. The minimum Gasteiger partial charge on any atom is -0.315 e. The van der Waals surface area contributed by atoms with E-state index in [4.69, 9.17) is 0 Å². The van der Waals surface area contributed by atoms with E-state index in [0.717, 1.165) is 36.2 Å². The van der Waals surface area contributed by atoms with Crippen molar-refractivity contribution in [2.75, 3.05) is 20.1 Å². The highest BCUT2D eigenvalue weighted by Gasteiger charge is 2.31. The first-order valence-corrected chi connectivity index (χ1v) is 8.04. The minimum atomic E-state index is -3.41. The van der Waals surface area contributed by atoms with Gasteiger partial charge in [0, 0.05) is 19.6 Å². The summed E-state index contributed by atoms with van der Waals surface area (Å²) in [7, 11) is -1.72. The van der Waals surface area contributed by atoms with E-state index in [-0.39, 0.29) is 6.04 Å². The van der Waals surface area contributed by atoms with Crippen LogP contribution in [0.1, 0.15) is 23.1 Å². The Balaban J connectivity index is 2.44. The van der Waals surface area contributed by atoms with Crippen molar-refractivity contribution in [1.29, 1.82) is 0 Å². The Hall–Kier alpha value is -0.910. The van der Waals surface area contributed by atoms with E-state index in [2.05, 4.69) is 5.32 Å². The molecule has 1 unspecified atom stereocenters. The summed E-state index contributed by atoms with van der Waals surface area (Å²) in [5.41, 5.74) is 2.75. The maximum Gasteiger partial charge on any atom is 0.243 e. The Labute approximate surface area is 115 Å². The largest absolute Gasteiger partial charge is 0.315 e. The van der Waals surface area contributed by atoms with Gasteiger partial charge in [-0.25, -0.2) is 8.42 Å². The van der Waals surface area contributed by atoms with Crippen molar-refractivity contribution in [3.63, 3.8) is 0 Å². The maximum atomic E-state index is 12.8. The summed E-state index contributed by atoms with van der Waals surface area (Å²) in [5.74, 6) is 0. The van der Waals surface area contributed by atoms with Crippen LogP contribution in [0.5, 0.6) is 0 Å². The standard InChI is InChI=1S/C14H22N2O2S/c1-10-7-11(2)14(12(3)8-10)19(17,18)16(4)13-5-6-15-9-13/h7-8,13,15H,5-6,9H2,1-4H3. The van der Waals surface area contributed by atoms with Crippen molar-refractivity contribution in [1.82, 2.24) is 9.62 Å². The normalized spacial score (nSPS) is 20.2. The molecule has 0 spiro atoms. The Bertz CT molecular complexity index is 552. The van der Waals surface area contributed by atoms with E-state index in [1.807, 2.05) is 32.9 Å². The number of nitrogens with one attached hydrogen (secondary N) is 1. The highest BCUT2D eigenvalue weighted by molar-refractivity contribution is 7.89. The highest BCUT2D eigenvalue weighted by atomic mass is 32.2. The summed E-state index contributed by atoms with van der Waals surface area (Å²) in [6.07, 6.45) is 0.875. The van der Waals surface area contributed by atoms with Crippen LogP contribution in [0.15, 0.2) is 17.0 Å². The van der Waals surface area contributed by atoms with E-state index in [1.54, 1.807) is 7.05 Å². The van der Waals surface area contributed by atoms with Crippen LogP contribution in [0.25, 0.3) is 0 Å². The fourth-order valence-electron chi connectivity index (χ4n) is 2.86. The zero-order valence-electron chi connectivity index (χ0n) is 12.0. The molecule has 0 aliphatic carbocycles. The monoisotopic (exact) mass is 282 g/mol. The average molecular weight is 282 g/mol. The van der Waals surface area contributed by atoms with Gasteiger partial charge in [0.05, 0.1) is 4.90 Å². The molecule has 1 heterocycles. The Morgan fingerprint density at radius 1 is 1.21 bits per heavy atom. The molecule has 1 aromatic carbocycles. The molecule has 0 aromatic heterocycles. The summed E-state index contributed by atoms with van der Waals surface area (Å²) < 4.78 is 27.1. The van der Waals surface area contributed by atoms with Crippen LogP contribution in [0, 0.1) is 20.8 Å². The fraction of sp³-hybridized carbons (Fsp3) is 0.571. The lowest BCUT2D eigenvalue weighted by Crippen LogP contribution is -2.38. The molecule has 2 rings (SSSR count). The third-order valence-corrected chi connectivity index (χ3v) is 6.01. The second-order valence-corrected chi connectivity index (χ2v) is 7.33. The van der Waals surface area contributed by atoms with Crippen molar-refractivity contribution in [2.45, 2.75) is 38.1 Å². The van der Waals surface area contributed by atoms with Crippen LogP contribution < -0.4 is 5.32 Å². The van der Waals surface area contributed by atoms with E-state index in [9.17, 15) is 8.42 Å². The van der Waals surface area contributed by atoms with Crippen LogP contribution >= 0.6 is 0 Å². The second-order valence-electron chi connectivity index (χ2n) is 5.40. The summed E-state index contributed by atoms with van der Waals surface area (Å²) >= 11 is 0. The van der Waals surface area contributed by atoms with Crippen molar-refractivity contribution in [3.05, 3.63) is 28.8 Å². The van der Waals surface area contributed by atoms with Gasteiger partial charge in [0.1, 0.15) is 0 Å². The molecule has 0 bridgehead atoms. The molecule has 1 fully saturated rings. The van der Waals surface area contributed by atoms with Crippen LogP contribution in [0.4, 0.5) is 0 Å². The van der Waals surface area contributed by atoms with Crippen molar-refractivity contribution in [3.8, 4) is 0 Å². The molecule has 0 saturated carbocycles.